The second-order valence-electron chi connectivity index (χ2n) is 6.92. The summed E-state index contributed by atoms with van der Waals surface area (Å²) >= 11 is 0. The molecule has 0 aromatic heterocycles. The van der Waals surface area contributed by atoms with Crippen LogP contribution in [0.5, 0.6) is 0 Å². The third-order valence-corrected chi connectivity index (χ3v) is 4.21. The van der Waals surface area contributed by atoms with Gasteiger partial charge in [-0.2, -0.15) is 0 Å². The van der Waals surface area contributed by atoms with Gasteiger partial charge in [-0.25, -0.2) is 8.78 Å². The summed E-state index contributed by atoms with van der Waals surface area (Å²) in [6.45, 7) is 5.20. The summed E-state index contributed by atoms with van der Waals surface area (Å²) < 4.78 is 35.7. The number of esters is 2. The maximum absolute atomic E-state index is 12.7. The molecule has 128 valence electrons. The van der Waals surface area contributed by atoms with Gasteiger partial charge in [-0.15, -0.1) is 0 Å². The van der Waals surface area contributed by atoms with Crippen molar-refractivity contribution in [2.24, 2.45) is 5.41 Å². The van der Waals surface area contributed by atoms with Crippen LogP contribution in [0.1, 0.15) is 66.2 Å². The van der Waals surface area contributed by atoms with Crippen molar-refractivity contribution in [1.29, 1.82) is 0 Å². The first-order chi connectivity index (χ1) is 10.00. The molecule has 0 N–H and O–H groups in total. The van der Waals surface area contributed by atoms with Crippen LogP contribution in [0.25, 0.3) is 0 Å². The van der Waals surface area contributed by atoms with Gasteiger partial charge in [-0.05, 0) is 46.0 Å². The highest BCUT2D eigenvalue weighted by atomic mass is 19.3. The fraction of sp³-hybridized carbons (Fsp3) is 0.875. The van der Waals surface area contributed by atoms with E-state index in [4.69, 9.17) is 4.74 Å². The summed E-state index contributed by atoms with van der Waals surface area (Å²) in [5.74, 6) is -4.16. The molecule has 6 heteroatoms. The predicted octanol–water partition coefficient (Wildman–Crippen LogP) is 3.87. The van der Waals surface area contributed by atoms with Crippen molar-refractivity contribution in [3.8, 4) is 0 Å². The minimum absolute atomic E-state index is 0.158. The molecule has 0 spiro atoms. The summed E-state index contributed by atoms with van der Waals surface area (Å²) in [5, 5.41) is 0. The van der Waals surface area contributed by atoms with E-state index < -0.39 is 29.5 Å². The molecule has 1 fully saturated rings. The summed E-state index contributed by atoms with van der Waals surface area (Å²) in [4.78, 5) is 24.1. The van der Waals surface area contributed by atoms with Crippen LogP contribution in [0.15, 0.2) is 0 Å². The Balaban J connectivity index is 2.68. The van der Waals surface area contributed by atoms with E-state index in [2.05, 4.69) is 4.74 Å². The second-order valence-corrected chi connectivity index (χ2v) is 6.92. The standard InChI is InChI=1S/C16H26F2O4/c1-5-14(2,3)13(20)22-16(8-6-7-9-16)10-12(19)21-11-15(4,17)18/h5-11H2,1-4H3. The van der Waals surface area contributed by atoms with Crippen molar-refractivity contribution in [2.45, 2.75) is 77.7 Å². The van der Waals surface area contributed by atoms with Crippen LogP contribution in [0.2, 0.25) is 0 Å². The van der Waals surface area contributed by atoms with Crippen molar-refractivity contribution in [3.05, 3.63) is 0 Å². The fourth-order valence-electron chi connectivity index (χ4n) is 2.33. The highest BCUT2D eigenvalue weighted by Gasteiger charge is 2.43. The Hall–Kier alpha value is -1.20. The quantitative estimate of drug-likeness (QED) is 0.668. The summed E-state index contributed by atoms with van der Waals surface area (Å²) in [6, 6.07) is 0. The lowest BCUT2D eigenvalue weighted by atomic mass is 9.89. The maximum atomic E-state index is 12.7. The van der Waals surface area contributed by atoms with Gasteiger partial charge in [0, 0.05) is 6.92 Å². The largest absolute Gasteiger partial charge is 0.459 e. The van der Waals surface area contributed by atoms with E-state index in [0.717, 1.165) is 12.8 Å². The molecule has 4 nitrogen and oxygen atoms in total. The van der Waals surface area contributed by atoms with E-state index in [0.29, 0.717) is 26.2 Å². The molecule has 0 aromatic rings. The number of halogens is 2. The molecule has 0 aliphatic heterocycles. The Kier molecular flexibility index (Phi) is 5.93. The van der Waals surface area contributed by atoms with Gasteiger partial charge in [0.15, 0.2) is 6.61 Å². The minimum Gasteiger partial charge on any atom is -0.459 e. The van der Waals surface area contributed by atoms with Gasteiger partial charge in [0.05, 0.1) is 11.8 Å². The van der Waals surface area contributed by atoms with Gasteiger partial charge in [0.1, 0.15) is 5.60 Å². The zero-order chi connectivity index (χ0) is 17.0. The fourth-order valence-corrected chi connectivity index (χ4v) is 2.33. The molecular formula is C16H26F2O4. The van der Waals surface area contributed by atoms with Crippen LogP contribution in [0.4, 0.5) is 8.78 Å². The number of carbonyl (C=O) groups is 2. The van der Waals surface area contributed by atoms with Gasteiger partial charge in [0.25, 0.3) is 5.92 Å². The molecule has 0 heterocycles. The van der Waals surface area contributed by atoms with E-state index in [1.54, 1.807) is 13.8 Å². The van der Waals surface area contributed by atoms with Crippen molar-refractivity contribution < 1.29 is 27.8 Å². The van der Waals surface area contributed by atoms with Crippen LogP contribution in [0, 0.1) is 5.41 Å². The number of rotatable bonds is 7. The molecule has 1 saturated carbocycles. The molecule has 0 amide bonds. The molecular weight excluding hydrogens is 294 g/mol. The van der Waals surface area contributed by atoms with Crippen molar-refractivity contribution in [2.75, 3.05) is 6.61 Å². The second kappa shape index (κ2) is 6.92. The Morgan fingerprint density at radius 1 is 1.14 bits per heavy atom. The highest BCUT2D eigenvalue weighted by Crippen LogP contribution is 2.39. The van der Waals surface area contributed by atoms with Crippen LogP contribution >= 0.6 is 0 Å². The predicted molar refractivity (Wildman–Crippen MR) is 77.6 cm³/mol. The Morgan fingerprint density at radius 2 is 1.68 bits per heavy atom. The van der Waals surface area contributed by atoms with E-state index >= 15 is 0 Å². The van der Waals surface area contributed by atoms with Crippen LogP contribution in [-0.4, -0.2) is 30.1 Å². The lowest BCUT2D eigenvalue weighted by Crippen LogP contribution is -2.40. The van der Waals surface area contributed by atoms with Gasteiger partial charge >= 0.3 is 11.9 Å². The van der Waals surface area contributed by atoms with E-state index in [1.165, 1.54) is 0 Å². The average Bonchev–Trinajstić information content (AvgIpc) is 2.83. The number of carbonyl (C=O) groups excluding carboxylic acids is 2. The van der Waals surface area contributed by atoms with Crippen LogP contribution < -0.4 is 0 Å². The van der Waals surface area contributed by atoms with E-state index in [9.17, 15) is 18.4 Å². The van der Waals surface area contributed by atoms with Gasteiger partial charge < -0.3 is 9.47 Å². The monoisotopic (exact) mass is 320 g/mol. The molecule has 1 aliphatic carbocycles. The van der Waals surface area contributed by atoms with Crippen LogP contribution in [0.3, 0.4) is 0 Å². The topological polar surface area (TPSA) is 52.6 Å². The summed E-state index contributed by atoms with van der Waals surface area (Å²) in [6.07, 6.45) is 3.28. The average molecular weight is 320 g/mol. The number of hydrogen-bond donors (Lipinski definition) is 0. The first kappa shape index (κ1) is 18.8. The molecule has 0 unspecified atom stereocenters. The first-order valence-electron chi connectivity index (χ1n) is 7.77. The van der Waals surface area contributed by atoms with Crippen molar-refractivity contribution >= 4 is 11.9 Å². The SMILES string of the molecule is CCC(C)(C)C(=O)OC1(CC(=O)OCC(C)(F)F)CCCC1. The highest BCUT2D eigenvalue weighted by molar-refractivity contribution is 5.77. The lowest BCUT2D eigenvalue weighted by molar-refractivity contribution is -0.177. The smallest absolute Gasteiger partial charge is 0.312 e. The summed E-state index contributed by atoms with van der Waals surface area (Å²) in [5.41, 5.74) is -1.53. The normalized spacial score (nSPS) is 18.1. The van der Waals surface area contributed by atoms with Gasteiger partial charge in [0.2, 0.25) is 0 Å². The van der Waals surface area contributed by atoms with E-state index in [1.807, 2.05) is 6.92 Å². The molecule has 1 aliphatic rings. The van der Waals surface area contributed by atoms with Gasteiger partial charge in [-0.3, -0.25) is 9.59 Å². The van der Waals surface area contributed by atoms with Crippen LogP contribution in [-0.2, 0) is 19.1 Å². The summed E-state index contributed by atoms with van der Waals surface area (Å²) in [7, 11) is 0. The Bertz CT molecular complexity index is 407. The zero-order valence-electron chi connectivity index (χ0n) is 13.8. The van der Waals surface area contributed by atoms with Gasteiger partial charge in [-0.1, -0.05) is 6.92 Å². The maximum Gasteiger partial charge on any atom is 0.312 e. The zero-order valence-corrected chi connectivity index (χ0v) is 13.8. The minimum atomic E-state index is -3.06. The molecule has 0 saturated heterocycles. The first-order valence-corrected chi connectivity index (χ1v) is 7.77. The lowest BCUT2D eigenvalue weighted by Gasteiger charge is -2.32. The third kappa shape index (κ3) is 5.54. The number of alkyl halides is 2. The number of hydrogen-bond acceptors (Lipinski definition) is 4. The van der Waals surface area contributed by atoms with Crippen molar-refractivity contribution in [1.82, 2.24) is 0 Å². The Labute approximate surface area is 130 Å². The molecule has 0 radical (unpaired) electrons. The van der Waals surface area contributed by atoms with Crippen molar-refractivity contribution in [3.63, 3.8) is 0 Å². The number of ether oxygens (including phenoxy) is 2. The molecule has 1 rings (SSSR count). The van der Waals surface area contributed by atoms with E-state index in [-0.39, 0.29) is 12.4 Å². The molecule has 0 atom stereocenters. The molecule has 0 aromatic carbocycles. The molecule has 0 bridgehead atoms. The molecule has 22 heavy (non-hydrogen) atoms. The third-order valence-electron chi connectivity index (χ3n) is 4.21. The Morgan fingerprint density at radius 3 is 2.14 bits per heavy atom.